The lowest BCUT2D eigenvalue weighted by atomic mass is 9.95. The third-order valence-electron chi connectivity index (χ3n) is 4.39. The summed E-state index contributed by atoms with van der Waals surface area (Å²) in [5.74, 6) is 0.0552. The molecule has 25 heavy (non-hydrogen) atoms. The average Bonchev–Trinajstić information content (AvgIpc) is 3.48. The summed E-state index contributed by atoms with van der Waals surface area (Å²) in [6.07, 6.45) is 1.75. The Morgan fingerprint density at radius 1 is 1.04 bits per heavy atom. The summed E-state index contributed by atoms with van der Waals surface area (Å²) in [5.41, 5.74) is 2.59. The van der Waals surface area contributed by atoms with Crippen LogP contribution in [0.3, 0.4) is 0 Å². The first-order valence-corrected chi connectivity index (χ1v) is 8.17. The molecular weight excluding hydrogens is 320 g/mol. The predicted octanol–water partition coefficient (Wildman–Crippen LogP) is 2.03. The van der Waals surface area contributed by atoms with Crippen molar-refractivity contribution in [3.8, 4) is 5.75 Å². The molecule has 0 atom stereocenters. The number of carbonyl (C=O) groups excluding carboxylic acids is 2. The molecule has 0 heterocycles. The third-order valence-corrected chi connectivity index (χ3v) is 4.39. The molecule has 6 nitrogen and oxygen atoms in total. The molecule has 0 bridgehead atoms. The maximum atomic E-state index is 12.5. The zero-order chi connectivity index (χ0) is 17.7. The van der Waals surface area contributed by atoms with Crippen LogP contribution in [0.2, 0.25) is 0 Å². The standard InChI is InChI=1S/C19H20N2O4/c22-17(21-24)14-6-8-16(9-7-14)25-13-12-20-18(23)19(10-11-19)15-4-2-1-3-5-15/h1-9,24H,10-13H2,(H,20,23)(H,21,22). The van der Waals surface area contributed by atoms with Crippen LogP contribution in [0.5, 0.6) is 5.75 Å². The first-order chi connectivity index (χ1) is 12.2. The van der Waals surface area contributed by atoms with Crippen LogP contribution < -0.4 is 15.5 Å². The minimum absolute atomic E-state index is 0.0391. The molecular formula is C19H20N2O4. The van der Waals surface area contributed by atoms with E-state index in [4.69, 9.17) is 9.94 Å². The Hall–Kier alpha value is -2.86. The topological polar surface area (TPSA) is 87.7 Å². The molecule has 2 aromatic rings. The van der Waals surface area contributed by atoms with Crippen LogP contribution in [0.25, 0.3) is 0 Å². The number of nitrogens with one attached hydrogen (secondary N) is 2. The maximum Gasteiger partial charge on any atom is 0.274 e. The second-order valence-corrected chi connectivity index (χ2v) is 6.02. The molecule has 3 rings (SSSR count). The van der Waals surface area contributed by atoms with Gasteiger partial charge in [-0.15, -0.1) is 0 Å². The van der Waals surface area contributed by atoms with Crippen molar-refractivity contribution < 1.29 is 19.5 Å². The summed E-state index contributed by atoms with van der Waals surface area (Å²) < 4.78 is 5.55. The van der Waals surface area contributed by atoms with Crippen LogP contribution in [0.1, 0.15) is 28.8 Å². The molecule has 0 radical (unpaired) electrons. The Morgan fingerprint density at radius 3 is 2.32 bits per heavy atom. The Labute approximate surface area is 145 Å². The number of hydroxylamine groups is 1. The summed E-state index contributed by atoms with van der Waals surface area (Å²) in [5, 5.41) is 11.5. The minimum Gasteiger partial charge on any atom is -0.492 e. The summed E-state index contributed by atoms with van der Waals surface area (Å²) in [6, 6.07) is 16.2. The van der Waals surface area contributed by atoms with E-state index in [0.717, 1.165) is 18.4 Å². The van der Waals surface area contributed by atoms with E-state index >= 15 is 0 Å². The third kappa shape index (κ3) is 3.80. The normalized spacial score (nSPS) is 14.4. The van der Waals surface area contributed by atoms with E-state index in [1.54, 1.807) is 29.7 Å². The SMILES string of the molecule is O=C(NO)c1ccc(OCCNC(=O)C2(c3ccccc3)CC2)cc1. The summed E-state index contributed by atoms with van der Waals surface area (Å²) in [7, 11) is 0. The van der Waals surface area contributed by atoms with E-state index in [1.807, 2.05) is 30.3 Å². The molecule has 0 aliphatic heterocycles. The second kappa shape index (κ2) is 7.36. The number of amides is 2. The van der Waals surface area contributed by atoms with Gasteiger partial charge in [-0.2, -0.15) is 0 Å². The number of ether oxygens (including phenoxy) is 1. The van der Waals surface area contributed by atoms with Gasteiger partial charge in [0.2, 0.25) is 5.91 Å². The Kier molecular flexibility index (Phi) is 5.00. The number of rotatable bonds is 7. The van der Waals surface area contributed by atoms with Gasteiger partial charge in [0.15, 0.2) is 0 Å². The van der Waals surface area contributed by atoms with Crippen LogP contribution >= 0.6 is 0 Å². The molecule has 1 saturated carbocycles. The first-order valence-electron chi connectivity index (χ1n) is 8.17. The number of hydrogen-bond donors (Lipinski definition) is 3. The van der Waals surface area contributed by atoms with Gasteiger partial charge in [-0.05, 0) is 42.7 Å². The fraction of sp³-hybridized carbons (Fsp3) is 0.263. The summed E-state index contributed by atoms with van der Waals surface area (Å²) in [6.45, 7) is 0.744. The second-order valence-electron chi connectivity index (χ2n) is 6.02. The molecule has 0 unspecified atom stereocenters. The molecule has 130 valence electrons. The van der Waals surface area contributed by atoms with E-state index in [1.165, 1.54) is 0 Å². The van der Waals surface area contributed by atoms with E-state index in [0.29, 0.717) is 24.5 Å². The molecule has 0 saturated heterocycles. The summed E-state index contributed by atoms with van der Waals surface area (Å²) in [4.78, 5) is 23.7. The smallest absolute Gasteiger partial charge is 0.274 e. The predicted molar refractivity (Wildman–Crippen MR) is 91.6 cm³/mol. The number of hydrogen-bond acceptors (Lipinski definition) is 4. The zero-order valence-corrected chi connectivity index (χ0v) is 13.7. The van der Waals surface area contributed by atoms with Gasteiger partial charge in [0.25, 0.3) is 5.91 Å². The van der Waals surface area contributed by atoms with Crippen LogP contribution in [-0.4, -0.2) is 30.2 Å². The van der Waals surface area contributed by atoms with Gasteiger partial charge >= 0.3 is 0 Å². The van der Waals surface area contributed by atoms with Crippen molar-refractivity contribution in [2.75, 3.05) is 13.2 Å². The van der Waals surface area contributed by atoms with Crippen molar-refractivity contribution in [1.82, 2.24) is 10.8 Å². The van der Waals surface area contributed by atoms with Gasteiger partial charge in [-0.1, -0.05) is 30.3 Å². The molecule has 1 aliphatic carbocycles. The van der Waals surface area contributed by atoms with Crippen LogP contribution in [0.15, 0.2) is 54.6 Å². The van der Waals surface area contributed by atoms with Gasteiger partial charge in [0.05, 0.1) is 12.0 Å². The number of carbonyl (C=O) groups is 2. The average molecular weight is 340 g/mol. The van der Waals surface area contributed by atoms with Crippen LogP contribution in [0.4, 0.5) is 0 Å². The van der Waals surface area contributed by atoms with Crippen LogP contribution in [0, 0.1) is 0 Å². The highest BCUT2D eigenvalue weighted by atomic mass is 16.5. The van der Waals surface area contributed by atoms with Crippen molar-refractivity contribution in [1.29, 1.82) is 0 Å². The Balaban J connectivity index is 1.46. The lowest BCUT2D eigenvalue weighted by molar-refractivity contribution is -0.123. The molecule has 3 N–H and O–H groups in total. The van der Waals surface area contributed by atoms with Gasteiger partial charge in [-0.3, -0.25) is 14.8 Å². The van der Waals surface area contributed by atoms with Crippen molar-refractivity contribution >= 4 is 11.8 Å². The molecule has 1 fully saturated rings. The van der Waals surface area contributed by atoms with Crippen molar-refractivity contribution in [2.45, 2.75) is 18.3 Å². The van der Waals surface area contributed by atoms with E-state index in [9.17, 15) is 9.59 Å². The molecule has 1 aliphatic rings. The highest BCUT2D eigenvalue weighted by Crippen LogP contribution is 2.48. The molecule has 0 spiro atoms. The summed E-state index contributed by atoms with van der Waals surface area (Å²) >= 11 is 0. The highest BCUT2D eigenvalue weighted by molar-refractivity contribution is 5.93. The van der Waals surface area contributed by atoms with E-state index < -0.39 is 5.91 Å². The molecule has 6 heteroatoms. The van der Waals surface area contributed by atoms with Gasteiger partial charge in [0, 0.05) is 5.56 Å². The highest BCUT2D eigenvalue weighted by Gasteiger charge is 2.50. The Bertz CT molecular complexity index is 740. The van der Waals surface area contributed by atoms with Crippen molar-refractivity contribution in [3.05, 3.63) is 65.7 Å². The molecule has 2 aromatic carbocycles. The lowest BCUT2D eigenvalue weighted by Gasteiger charge is -2.16. The van der Waals surface area contributed by atoms with Gasteiger partial charge in [-0.25, -0.2) is 5.48 Å². The van der Waals surface area contributed by atoms with E-state index in [-0.39, 0.29) is 11.3 Å². The first kappa shape index (κ1) is 17.0. The van der Waals surface area contributed by atoms with Gasteiger partial charge in [0.1, 0.15) is 12.4 Å². The maximum absolute atomic E-state index is 12.5. The van der Waals surface area contributed by atoms with Crippen molar-refractivity contribution in [3.63, 3.8) is 0 Å². The van der Waals surface area contributed by atoms with Gasteiger partial charge < -0.3 is 10.1 Å². The lowest BCUT2D eigenvalue weighted by Crippen LogP contribution is -2.37. The minimum atomic E-state index is -0.575. The fourth-order valence-electron chi connectivity index (χ4n) is 2.80. The quantitative estimate of drug-likeness (QED) is 0.409. The van der Waals surface area contributed by atoms with Crippen LogP contribution in [-0.2, 0) is 10.2 Å². The largest absolute Gasteiger partial charge is 0.492 e. The Morgan fingerprint density at radius 2 is 1.72 bits per heavy atom. The van der Waals surface area contributed by atoms with E-state index in [2.05, 4.69) is 5.32 Å². The molecule has 0 aromatic heterocycles. The number of benzene rings is 2. The van der Waals surface area contributed by atoms with Crippen molar-refractivity contribution in [2.24, 2.45) is 0 Å². The molecule has 2 amide bonds. The fourth-order valence-corrected chi connectivity index (χ4v) is 2.80. The zero-order valence-electron chi connectivity index (χ0n) is 13.7. The monoisotopic (exact) mass is 340 g/mol.